The summed E-state index contributed by atoms with van der Waals surface area (Å²) in [5, 5.41) is 9.45. The van der Waals surface area contributed by atoms with Gasteiger partial charge in [0.1, 0.15) is 5.75 Å². The summed E-state index contributed by atoms with van der Waals surface area (Å²) >= 11 is 0. The van der Waals surface area contributed by atoms with Crippen LogP contribution in [0.3, 0.4) is 0 Å². The lowest BCUT2D eigenvalue weighted by Crippen LogP contribution is -2.50. The smallest absolute Gasteiger partial charge is 0.228 e. The Bertz CT molecular complexity index is 888. The molecule has 0 aliphatic carbocycles. The normalized spacial score (nSPS) is 19.7. The molecule has 2 fully saturated rings. The summed E-state index contributed by atoms with van der Waals surface area (Å²) in [6.45, 7) is 5.34. The number of hydrogen-bond donors (Lipinski definition) is 1. The van der Waals surface area contributed by atoms with E-state index in [1.54, 1.807) is 17.0 Å². The van der Waals surface area contributed by atoms with E-state index in [1.807, 2.05) is 41.3 Å². The minimum atomic E-state index is -0.271. The standard InChI is InChI=1S/C23H27N3O3/c1-2-17-5-3-4-6-21(17)26-16-18(15-22(26)28)23(29)25-13-11-24(12-14-25)19-7-9-20(27)10-8-19/h3-10,18,27H,2,11-16H2,1H3. The van der Waals surface area contributed by atoms with Crippen molar-refractivity contribution in [2.75, 3.05) is 42.5 Å². The van der Waals surface area contributed by atoms with Crippen LogP contribution in [-0.4, -0.2) is 54.5 Å². The first kappa shape index (κ1) is 19.3. The molecule has 152 valence electrons. The number of para-hydroxylation sites is 1. The second-order valence-corrected chi connectivity index (χ2v) is 7.72. The lowest BCUT2D eigenvalue weighted by molar-refractivity contribution is -0.136. The van der Waals surface area contributed by atoms with Crippen LogP contribution in [0.1, 0.15) is 18.9 Å². The van der Waals surface area contributed by atoms with Crippen LogP contribution >= 0.6 is 0 Å². The van der Waals surface area contributed by atoms with E-state index < -0.39 is 0 Å². The van der Waals surface area contributed by atoms with Gasteiger partial charge in [-0.3, -0.25) is 9.59 Å². The van der Waals surface area contributed by atoms with Crippen LogP contribution < -0.4 is 9.80 Å². The Hall–Kier alpha value is -3.02. The highest BCUT2D eigenvalue weighted by atomic mass is 16.3. The summed E-state index contributed by atoms with van der Waals surface area (Å²) < 4.78 is 0. The van der Waals surface area contributed by atoms with Crippen LogP contribution in [-0.2, 0) is 16.0 Å². The van der Waals surface area contributed by atoms with Gasteiger partial charge in [-0.05, 0) is 42.3 Å². The summed E-state index contributed by atoms with van der Waals surface area (Å²) in [7, 11) is 0. The van der Waals surface area contributed by atoms with Crippen molar-refractivity contribution >= 4 is 23.2 Å². The first-order valence-electron chi connectivity index (χ1n) is 10.3. The third kappa shape index (κ3) is 3.92. The van der Waals surface area contributed by atoms with Crippen LogP contribution in [0.2, 0.25) is 0 Å². The molecule has 0 saturated carbocycles. The van der Waals surface area contributed by atoms with Crippen molar-refractivity contribution in [3.05, 3.63) is 54.1 Å². The Kier molecular flexibility index (Phi) is 5.43. The number of nitrogens with zero attached hydrogens (tertiary/aromatic N) is 3. The van der Waals surface area contributed by atoms with Crippen molar-refractivity contribution in [1.82, 2.24) is 4.90 Å². The summed E-state index contributed by atoms with van der Waals surface area (Å²) in [6.07, 6.45) is 1.15. The molecular formula is C23H27N3O3. The molecular weight excluding hydrogens is 366 g/mol. The van der Waals surface area contributed by atoms with Gasteiger partial charge in [0.05, 0.1) is 5.92 Å². The van der Waals surface area contributed by atoms with E-state index in [-0.39, 0.29) is 29.9 Å². The molecule has 1 unspecified atom stereocenters. The van der Waals surface area contributed by atoms with Crippen LogP contribution in [0.25, 0.3) is 0 Å². The van der Waals surface area contributed by atoms with E-state index in [9.17, 15) is 14.7 Å². The Morgan fingerprint density at radius 2 is 1.72 bits per heavy atom. The predicted molar refractivity (Wildman–Crippen MR) is 113 cm³/mol. The van der Waals surface area contributed by atoms with Crippen molar-refractivity contribution in [1.29, 1.82) is 0 Å². The number of phenolic OH excluding ortho intramolecular Hbond substituents is 1. The first-order chi connectivity index (χ1) is 14.1. The Balaban J connectivity index is 1.38. The van der Waals surface area contributed by atoms with E-state index in [0.717, 1.165) is 36.4 Å². The van der Waals surface area contributed by atoms with Gasteiger partial charge in [-0.1, -0.05) is 25.1 Å². The third-order valence-electron chi connectivity index (χ3n) is 5.94. The molecule has 4 rings (SSSR count). The number of amides is 2. The average molecular weight is 393 g/mol. The maximum Gasteiger partial charge on any atom is 0.228 e. The fourth-order valence-corrected chi connectivity index (χ4v) is 4.29. The number of aryl methyl sites for hydroxylation is 1. The number of benzene rings is 2. The van der Waals surface area contributed by atoms with Crippen molar-refractivity contribution < 1.29 is 14.7 Å². The summed E-state index contributed by atoms with van der Waals surface area (Å²) in [5.74, 6) is 0.0995. The van der Waals surface area contributed by atoms with Crippen LogP contribution in [0.5, 0.6) is 5.75 Å². The first-order valence-corrected chi connectivity index (χ1v) is 10.3. The average Bonchev–Trinajstić information content (AvgIpc) is 3.15. The Labute approximate surface area is 171 Å². The number of hydrogen-bond acceptors (Lipinski definition) is 4. The number of anilines is 2. The highest BCUT2D eigenvalue weighted by Gasteiger charge is 2.38. The minimum Gasteiger partial charge on any atom is -0.508 e. The lowest BCUT2D eigenvalue weighted by Gasteiger charge is -2.37. The summed E-state index contributed by atoms with van der Waals surface area (Å²) in [4.78, 5) is 31.6. The fraction of sp³-hybridized carbons (Fsp3) is 0.391. The molecule has 0 radical (unpaired) electrons. The van der Waals surface area contributed by atoms with E-state index in [2.05, 4.69) is 11.8 Å². The monoisotopic (exact) mass is 393 g/mol. The molecule has 2 aliphatic heterocycles. The van der Waals surface area contributed by atoms with Gasteiger partial charge in [-0.25, -0.2) is 0 Å². The zero-order valence-corrected chi connectivity index (χ0v) is 16.8. The zero-order valence-electron chi connectivity index (χ0n) is 16.8. The van der Waals surface area contributed by atoms with Gasteiger partial charge >= 0.3 is 0 Å². The predicted octanol–water partition coefficient (Wildman–Crippen LogP) is 2.66. The number of rotatable bonds is 4. The molecule has 2 heterocycles. The number of carbonyl (C=O) groups excluding carboxylic acids is 2. The second kappa shape index (κ2) is 8.15. The van der Waals surface area contributed by atoms with E-state index >= 15 is 0 Å². The van der Waals surface area contributed by atoms with Crippen molar-refractivity contribution in [2.24, 2.45) is 5.92 Å². The van der Waals surface area contributed by atoms with E-state index in [0.29, 0.717) is 19.6 Å². The fourth-order valence-electron chi connectivity index (χ4n) is 4.29. The van der Waals surface area contributed by atoms with Gasteiger partial charge in [0.25, 0.3) is 0 Å². The molecule has 2 amide bonds. The summed E-state index contributed by atoms with van der Waals surface area (Å²) in [5.41, 5.74) is 3.12. The number of phenols is 1. The number of carbonyl (C=O) groups is 2. The molecule has 6 heteroatoms. The minimum absolute atomic E-state index is 0.0342. The molecule has 1 atom stereocenters. The van der Waals surface area contributed by atoms with Gasteiger partial charge < -0.3 is 19.8 Å². The van der Waals surface area contributed by atoms with Crippen LogP contribution in [0.4, 0.5) is 11.4 Å². The molecule has 6 nitrogen and oxygen atoms in total. The van der Waals surface area contributed by atoms with Crippen molar-refractivity contribution in [3.63, 3.8) is 0 Å². The highest BCUT2D eigenvalue weighted by molar-refractivity contribution is 6.00. The summed E-state index contributed by atoms with van der Waals surface area (Å²) in [6, 6.07) is 15.1. The molecule has 0 aromatic heterocycles. The Morgan fingerprint density at radius 1 is 1.03 bits per heavy atom. The topological polar surface area (TPSA) is 64.1 Å². The van der Waals surface area contributed by atoms with Gasteiger partial charge in [0.15, 0.2) is 0 Å². The zero-order chi connectivity index (χ0) is 20.4. The van der Waals surface area contributed by atoms with Crippen LogP contribution in [0.15, 0.2) is 48.5 Å². The number of aromatic hydroxyl groups is 1. The molecule has 1 N–H and O–H groups in total. The van der Waals surface area contributed by atoms with E-state index in [1.165, 1.54) is 0 Å². The molecule has 2 aliphatic rings. The molecule has 2 aromatic carbocycles. The SMILES string of the molecule is CCc1ccccc1N1CC(C(=O)N2CCN(c3ccc(O)cc3)CC2)CC1=O. The van der Waals surface area contributed by atoms with Gasteiger partial charge in [0, 0.05) is 50.5 Å². The molecule has 2 aromatic rings. The second-order valence-electron chi connectivity index (χ2n) is 7.72. The Morgan fingerprint density at radius 3 is 2.41 bits per heavy atom. The molecule has 0 bridgehead atoms. The van der Waals surface area contributed by atoms with Crippen molar-refractivity contribution in [2.45, 2.75) is 19.8 Å². The largest absolute Gasteiger partial charge is 0.508 e. The van der Waals surface area contributed by atoms with Crippen LogP contribution in [0, 0.1) is 5.92 Å². The third-order valence-corrected chi connectivity index (χ3v) is 5.94. The highest BCUT2D eigenvalue weighted by Crippen LogP contribution is 2.30. The van der Waals surface area contributed by atoms with Gasteiger partial charge in [-0.2, -0.15) is 0 Å². The van der Waals surface area contributed by atoms with Gasteiger partial charge in [-0.15, -0.1) is 0 Å². The van der Waals surface area contributed by atoms with Crippen molar-refractivity contribution in [3.8, 4) is 5.75 Å². The van der Waals surface area contributed by atoms with E-state index in [4.69, 9.17) is 0 Å². The quantitative estimate of drug-likeness (QED) is 0.867. The lowest BCUT2D eigenvalue weighted by atomic mass is 10.1. The maximum absolute atomic E-state index is 13.1. The molecule has 2 saturated heterocycles. The maximum atomic E-state index is 13.1. The molecule has 0 spiro atoms. The number of piperazine rings is 1. The molecule has 29 heavy (non-hydrogen) atoms. The van der Waals surface area contributed by atoms with Gasteiger partial charge in [0.2, 0.25) is 11.8 Å².